The van der Waals surface area contributed by atoms with Crippen LogP contribution in [0.15, 0.2) is 0 Å². The second kappa shape index (κ2) is 12.4. The molecule has 0 aromatic rings. The van der Waals surface area contributed by atoms with Crippen molar-refractivity contribution in [3.05, 3.63) is 0 Å². The molecule has 3 N–H and O–H groups in total. The first-order valence-electron chi connectivity index (χ1n) is 7.66. The van der Waals surface area contributed by atoms with Crippen LogP contribution in [-0.2, 0) is 0 Å². The van der Waals surface area contributed by atoms with Crippen LogP contribution in [0.1, 0.15) is 85.0 Å². The fourth-order valence-electron chi connectivity index (χ4n) is 2.19. The zero-order chi connectivity index (χ0) is 12.9. The molecule has 2 nitrogen and oxygen atoms in total. The Hall–Kier alpha value is -0.0800. The van der Waals surface area contributed by atoms with E-state index in [9.17, 15) is 0 Å². The van der Waals surface area contributed by atoms with E-state index in [-0.39, 0.29) is 0 Å². The van der Waals surface area contributed by atoms with E-state index in [0.717, 1.165) is 5.92 Å². The zero-order valence-corrected chi connectivity index (χ0v) is 12.3. The third-order valence-corrected chi connectivity index (χ3v) is 3.48. The van der Waals surface area contributed by atoms with Gasteiger partial charge in [0.05, 0.1) is 0 Å². The zero-order valence-electron chi connectivity index (χ0n) is 12.3. The van der Waals surface area contributed by atoms with Crippen LogP contribution in [-0.4, -0.2) is 6.04 Å². The first kappa shape index (κ1) is 16.9. The van der Waals surface area contributed by atoms with E-state index in [4.69, 9.17) is 5.84 Å². The Balaban J connectivity index is 3.31. The highest BCUT2D eigenvalue weighted by molar-refractivity contribution is 4.64. The van der Waals surface area contributed by atoms with Gasteiger partial charge in [-0.15, -0.1) is 0 Å². The number of hydrogen-bond donors (Lipinski definition) is 2. The SMILES string of the molecule is CCCCCCCCCC(CCC(C)C)NN. The molecule has 0 heterocycles. The molecule has 0 aliphatic heterocycles. The first-order valence-corrected chi connectivity index (χ1v) is 7.66. The Morgan fingerprint density at radius 1 is 0.824 bits per heavy atom. The van der Waals surface area contributed by atoms with Crippen molar-refractivity contribution in [3.63, 3.8) is 0 Å². The maximum absolute atomic E-state index is 5.59. The molecule has 104 valence electrons. The van der Waals surface area contributed by atoms with Gasteiger partial charge in [0, 0.05) is 6.04 Å². The van der Waals surface area contributed by atoms with Crippen molar-refractivity contribution >= 4 is 0 Å². The Bertz CT molecular complexity index is 146. The summed E-state index contributed by atoms with van der Waals surface area (Å²) in [7, 11) is 0. The van der Waals surface area contributed by atoms with Gasteiger partial charge in [-0.25, -0.2) is 0 Å². The van der Waals surface area contributed by atoms with E-state index in [2.05, 4.69) is 26.2 Å². The number of hydrazine groups is 1. The van der Waals surface area contributed by atoms with E-state index in [0.29, 0.717) is 6.04 Å². The predicted octanol–water partition coefficient (Wildman–Crippen LogP) is 4.40. The van der Waals surface area contributed by atoms with Crippen LogP contribution in [0.4, 0.5) is 0 Å². The highest BCUT2D eigenvalue weighted by Gasteiger charge is 2.06. The quantitative estimate of drug-likeness (QED) is 0.302. The molecule has 0 spiro atoms. The Morgan fingerprint density at radius 2 is 1.41 bits per heavy atom. The third-order valence-electron chi connectivity index (χ3n) is 3.48. The standard InChI is InChI=1S/C15H34N2/c1-4-5-6-7-8-9-10-11-15(17-16)13-12-14(2)3/h14-15,17H,4-13,16H2,1-3H3. The van der Waals surface area contributed by atoms with Gasteiger partial charge in [0.15, 0.2) is 0 Å². The summed E-state index contributed by atoms with van der Waals surface area (Å²) >= 11 is 0. The predicted molar refractivity (Wildman–Crippen MR) is 77.8 cm³/mol. The molecule has 0 aliphatic rings. The van der Waals surface area contributed by atoms with Gasteiger partial charge in [-0.3, -0.25) is 11.3 Å². The first-order chi connectivity index (χ1) is 8.20. The third kappa shape index (κ3) is 12.2. The Morgan fingerprint density at radius 3 is 1.94 bits per heavy atom. The molecule has 1 unspecified atom stereocenters. The summed E-state index contributed by atoms with van der Waals surface area (Å²) in [5, 5.41) is 0. The molecule has 0 fully saturated rings. The van der Waals surface area contributed by atoms with E-state index in [1.807, 2.05) is 0 Å². The highest BCUT2D eigenvalue weighted by atomic mass is 15.2. The summed E-state index contributed by atoms with van der Waals surface area (Å²) in [4.78, 5) is 0. The molecule has 0 rings (SSSR count). The topological polar surface area (TPSA) is 38.0 Å². The number of hydrogen-bond acceptors (Lipinski definition) is 2. The van der Waals surface area contributed by atoms with Crippen LogP contribution < -0.4 is 11.3 Å². The lowest BCUT2D eigenvalue weighted by Gasteiger charge is -2.16. The van der Waals surface area contributed by atoms with Gasteiger partial charge in [-0.1, -0.05) is 65.7 Å². The summed E-state index contributed by atoms with van der Waals surface area (Å²) in [6.45, 7) is 6.83. The monoisotopic (exact) mass is 242 g/mol. The number of rotatable bonds is 12. The van der Waals surface area contributed by atoms with Crippen LogP contribution in [0.3, 0.4) is 0 Å². The molecule has 0 radical (unpaired) electrons. The van der Waals surface area contributed by atoms with Crippen LogP contribution in [0.25, 0.3) is 0 Å². The van der Waals surface area contributed by atoms with E-state index < -0.39 is 0 Å². The lowest BCUT2D eigenvalue weighted by Crippen LogP contribution is -2.35. The van der Waals surface area contributed by atoms with Gasteiger partial charge < -0.3 is 0 Å². The number of unbranched alkanes of at least 4 members (excludes halogenated alkanes) is 6. The van der Waals surface area contributed by atoms with Crippen molar-refractivity contribution < 1.29 is 0 Å². The molecule has 0 amide bonds. The molecule has 0 aromatic carbocycles. The van der Waals surface area contributed by atoms with Crippen LogP contribution >= 0.6 is 0 Å². The van der Waals surface area contributed by atoms with Crippen molar-refractivity contribution in [2.45, 2.75) is 91.0 Å². The molecule has 1 atom stereocenters. The summed E-state index contributed by atoms with van der Waals surface area (Å²) in [6.07, 6.45) is 13.5. The van der Waals surface area contributed by atoms with Crippen molar-refractivity contribution in [2.75, 3.05) is 0 Å². The van der Waals surface area contributed by atoms with Crippen molar-refractivity contribution in [3.8, 4) is 0 Å². The van der Waals surface area contributed by atoms with Gasteiger partial charge in [-0.2, -0.15) is 0 Å². The second-order valence-electron chi connectivity index (χ2n) is 5.74. The van der Waals surface area contributed by atoms with Crippen LogP contribution in [0.2, 0.25) is 0 Å². The fourth-order valence-corrected chi connectivity index (χ4v) is 2.19. The van der Waals surface area contributed by atoms with E-state index in [1.165, 1.54) is 64.2 Å². The summed E-state index contributed by atoms with van der Waals surface area (Å²) in [5.74, 6) is 6.38. The minimum atomic E-state index is 0.535. The smallest absolute Gasteiger partial charge is 0.0210 e. The molecule has 2 heteroatoms. The maximum atomic E-state index is 5.59. The maximum Gasteiger partial charge on any atom is 0.0210 e. The lowest BCUT2D eigenvalue weighted by atomic mass is 9.99. The number of nitrogens with one attached hydrogen (secondary N) is 1. The highest BCUT2D eigenvalue weighted by Crippen LogP contribution is 2.13. The normalized spacial score (nSPS) is 13.2. The summed E-state index contributed by atoms with van der Waals surface area (Å²) in [6, 6.07) is 0.535. The average molecular weight is 242 g/mol. The average Bonchev–Trinajstić information content (AvgIpc) is 2.31. The molecular formula is C15H34N2. The Labute approximate surface area is 109 Å². The molecule has 17 heavy (non-hydrogen) atoms. The fraction of sp³-hybridized carbons (Fsp3) is 1.00. The van der Waals surface area contributed by atoms with Gasteiger partial charge >= 0.3 is 0 Å². The number of nitrogens with two attached hydrogens (primary N) is 1. The largest absolute Gasteiger partial charge is 0.271 e. The summed E-state index contributed by atoms with van der Waals surface area (Å²) < 4.78 is 0. The van der Waals surface area contributed by atoms with Gasteiger partial charge in [0.2, 0.25) is 0 Å². The minimum Gasteiger partial charge on any atom is -0.271 e. The second-order valence-corrected chi connectivity index (χ2v) is 5.74. The van der Waals surface area contributed by atoms with Crippen molar-refractivity contribution in [1.29, 1.82) is 0 Å². The Kier molecular flexibility index (Phi) is 12.3. The molecule has 0 aromatic heterocycles. The van der Waals surface area contributed by atoms with Gasteiger partial charge in [0.1, 0.15) is 0 Å². The van der Waals surface area contributed by atoms with Crippen molar-refractivity contribution in [2.24, 2.45) is 11.8 Å². The molecule has 0 saturated carbocycles. The summed E-state index contributed by atoms with van der Waals surface area (Å²) in [5.41, 5.74) is 2.97. The van der Waals surface area contributed by atoms with E-state index in [1.54, 1.807) is 0 Å². The van der Waals surface area contributed by atoms with Gasteiger partial charge in [0.25, 0.3) is 0 Å². The van der Waals surface area contributed by atoms with Crippen molar-refractivity contribution in [1.82, 2.24) is 5.43 Å². The van der Waals surface area contributed by atoms with Crippen LogP contribution in [0, 0.1) is 5.92 Å². The molecule has 0 aliphatic carbocycles. The van der Waals surface area contributed by atoms with Gasteiger partial charge in [-0.05, 0) is 25.2 Å². The van der Waals surface area contributed by atoms with E-state index >= 15 is 0 Å². The van der Waals surface area contributed by atoms with Crippen LogP contribution in [0.5, 0.6) is 0 Å². The molecule has 0 bridgehead atoms. The minimum absolute atomic E-state index is 0.535. The molecule has 0 saturated heterocycles. The lowest BCUT2D eigenvalue weighted by molar-refractivity contribution is 0.401. The molecular weight excluding hydrogens is 208 g/mol.